The van der Waals surface area contributed by atoms with Gasteiger partial charge in [-0.05, 0) is 36.4 Å². The molecule has 0 aliphatic carbocycles. The lowest BCUT2D eigenvalue weighted by Crippen LogP contribution is -1.99. The number of aromatic hydroxyl groups is 2. The third kappa shape index (κ3) is 4.99. The summed E-state index contributed by atoms with van der Waals surface area (Å²) in [5.74, 6) is 2.35. The van der Waals surface area contributed by atoms with Gasteiger partial charge >= 0.3 is 0 Å². The van der Waals surface area contributed by atoms with Gasteiger partial charge in [0.1, 0.15) is 20.9 Å². The topological polar surface area (TPSA) is 171 Å². The second-order valence-electron chi connectivity index (χ2n) is 12.1. The van der Waals surface area contributed by atoms with Crippen molar-refractivity contribution in [3.8, 4) is 80.3 Å². The van der Waals surface area contributed by atoms with Crippen LogP contribution in [-0.2, 0) is 0 Å². The number of nitrogens with zero attached hydrogens (tertiary/aromatic N) is 10. The fraction of sp³-hybridized carbons (Fsp3) is 0.0526. The number of rotatable bonds is 7. The summed E-state index contributed by atoms with van der Waals surface area (Å²) in [4.78, 5) is 37.4. The average molecular weight is 749 g/mol. The van der Waals surface area contributed by atoms with E-state index in [0.717, 1.165) is 27.9 Å². The lowest BCUT2D eigenvalue weighted by Gasteiger charge is -2.10. The number of ether oxygens (including phenoxy) is 2. The van der Waals surface area contributed by atoms with E-state index in [4.69, 9.17) is 29.4 Å². The average Bonchev–Trinajstić information content (AvgIpc) is 4.02. The fourth-order valence-corrected chi connectivity index (χ4v) is 8.23. The molecule has 0 aliphatic rings. The van der Waals surface area contributed by atoms with Gasteiger partial charge in [-0.15, -0.1) is 22.7 Å². The molecule has 0 fully saturated rings. The minimum atomic E-state index is -0.144. The van der Waals surface area contributed by atoms with Gasteiger partial charge in [0.05, 0.1) is 72.0 Å². The van der Waals surface area contributed by atoms with Crippen LogP contribution >= 0.6 is 22.7 Å². The molecule has 10 heterocycles. The third-order valence-corrected chi connectivity index (χ3v) is 11.0. The van der Waals surface area contributed by atoms with E-state index in [2.05, 4.69) is 19.9 Å². The molecule has 2 N–H and O–H groups in total. The van der Waals surface area contributed by atoms with Crippen molar-refractivity contribution in [2.45, 2.75) is 0 Å². The van der Waals surface area contributed by atoms with Gasteiger partial charge in [0, 0.05) is 45.9 Å². The van der Waals surface area contributed by atoms with E-state index in [0.29, 0.717) is 60.5 Å². The van der Waals surface area contributed by atoms with E-state index >= 15 is 0 Å². The number of aromatic nitrogens is 10. The number of fused-ring (bicyclic) bond motifs is 4. The lowest BCUT2D eigenvalue weighted by atomic mass is 10.1. The first-order valence-electron chi connectivity index (χ1n) is 16.4. The molecule has 14 nitrogen and oxygen atoms in total. The second-order valence-corrected chi connectivity index (χ2v) is 13.9. The van der Waals surface area contributed by atoms with E-state index in [-0.39, 0.29) is 23.4 Å². The fourth-order valence-electron chi connectivity index (χ4n) is 6.45. The van der Waals surface area contributed by atoms with Crippen molar-refractivity contribution in [1.82, 2.24) is 48.7 Å². The first kappa shape index (κ1) is 31.7. The molecule has 0 spiro atoms. The summed E-state index contributed by atoms with van der Waals surface area (Å²) < 4.78 is 15.9. The van der Waals surface area contributed by atoms with Crippen LogP contribution in [-0.4, -0.2) is 73.1 Å². The SMILES string of the molecule is COc1ccn2c(-c3nc(O)c4scc(-c5cccc(-c6cc(OC)cn7c(-c8nc(O)c9scc(-c%10ccccn%10)c9n8)ncc67)n5)c4n3)ncc2c1. The normalized spacial score (nSPS) is 11.7. The van der Waals surface area contributed by atoms with E-state index < -0.39 is 0 Å². The van der Waals surface area contributed by atoms with Crippen LogP contribution in [0.15, 0.2) is 96.3 Å². The minimum absolute atomic E-state index is 0.140. The van der Waals surface area contributed by atoms with Crippen molar-refractivity contribution in [2.24, 2.45) is 0 Å². The highest BCUT2D eigenvalue weighted by molar-refractivity contribution is 7.18. The number of pyridine rings is 4. The Labute approximate surface area is 312 Å². The molecule has 10 aromatic heterocycles. The number of hydrogen-bond acceptors (Lipinski definition) is 14. The molecule has 0 saturated heterocycles. The monoisotopic (exact) mass is 748 g/mol. The maximum absolute atomic E-state index is 11.0. The highest BCUT2D eigenvalue weighted by Crippen LogP contribution is 2.40. The zero-order valence-electron chi connectivity index (χ0n) is 28.2. The van der Waals surface area contributed by atoms with E-state index in [1.807, 2.05) is 80.4 Å². The van der Waals surface area contributed by atoms with Crippen LogP contribution in [0.25, 0.3) is 88.5 Å². The van der Waals surface area contributed by atoms with Gasteiger partial charge in [0.2, 0.25) is 11.8 Å². The Morgan fingerprint density at radius 1 is 0.611 bits per heavy atom. The van der Waals surface area contributed by atoms with Gasteiger partial charge in [-0.25, -0.2) is 24.9 Å². The molecule has 10 aromatic rings. The van der Waals surface area contributed by atoms with E-state index in [1.165, 1.54) is 22.7 Å². The van der Waals surface area contributed by atoms with Crippen molar-refractivity contribution in [3.05, 3.63) is 96.3 Å². The molecule has 0 saturated carbocycles. The summed E-state index contributed by atoms with van der Waals surface area (Å²) in [5.41, 5.74) is 6.92. The lowest BCUT2D eigenvalue weighted by molar-refractivity contribution is 0.412. The number of thiophene rings is 2. The maximum Gasteiger partial charge on any atom is 0.233 e. The van der Waals surface area contributed by atoms with Gasteiger partial charge < -0.3 is 19.7 Å². The highest BCUT2D eigenvalue weighted by Gasteiger charge is 2.22. The Morgan fingerprint density at radius 3 is 1.94 bits per heavy atom. The van der Waals surface area contributed by atoms with Gasteiger partial charge in [-0.3, -0.25) is 13.8 Å². The number of methoxy groups -OCH3 is 2. The molecule has 0 aliphatic heterocycles. The summed E-state index contributed by atoms with van der Waals surface area (Å²) in [6.07, 6.45) is 8.76. The number of hydrogen-bond donors (Lipinski definition) is 2. The van der Waals surface area contributed by atoms with Gasteiger partial charge in [-0.1, -0.05) is 12.1 Å². The van der Waals surface area contributed by atoms with Crippen LogP contribution in [0, 0.1) is 0 Å². The van der Waals surface area contributed by atoms with Crippen molar-refractivity contribution in [3.63, 3.8) is 0 Å². The molecule has 0 radical (unpaired) electrons. The molecule has 262 valence electrons. The predicted octanol–water partition coefficient (Wildman–Crippen LogP) is 7.54. The van der Waals surface area contributed by atoms with Gasteiger partial charge in [0.25, 0.3) is 0 Å². The molecule has 0 atom stereocenters. The van der Waals surface area contributed by atoms with Gasteiger partial charge in [0.15, 0.2) is 23.3 Å². The minimum Gasteiger partial charge on any atom is -0.497 e. The van der Waals surface area contributed by atoms with E-state index in [1.54, 1.807) is 39.0 Å². The first-order chi connectivity index (χ1) is 26.5. The van der Waals surface area contributed by atoms with Crippen molar-refractivity contribution in [2.75, 3.05) is 14.2 Å². The largest absolute Gasteiger partial charge is 0.497 e. The smallest absolute Gasteiger partial charge is 0.233 e. The molecule has 10 rings (SSSR count). The first-order valence-corrected chi connectivity index (χ1v) is 18.2. The Morgan fingerprint density at radius 2 is 1.26 bits per heavy atom. The van der Waals surface area contributed by atoms with Crippen LogP contribution in [0.5, 0.6) is 23.3 Å². The Hall–Kier alpha value is -7.04. The zero-order valence-corrected chi connectivity index (χ0v) is 29.9. The Kier molecular flexibility index (Phi) is 7.21. The summed E-state index contributed by atoms with van der Waals surface area (Å²) >= 11 is 2.69. The predicted molar refractivity (Wildman–Crippen MR) is 205 cm³/mol. The molecule has 54 heavy (non-hydrogen) atoms. The summed E-state index contributed by atoms with van der Waals surface area (Å²) in [7, 11) is 3.20. The molecular weight excluding hydrogens is 725 g/mol. The summed E-state index contributed by atoms with van der Waals surface area (Å²) in [5, 5.41) is 25.9. The number of imidazole rings is 2. The maximum atomic E-state index is 11.0. The van der Waals surface area contributed by atoms with Crippen LogP contribution < -0.4 is 9.47 Å². The quantitative estimate of drug-likeness (QED) is 0.164. The standard InChI is InChI=1S/C38H24N10O4S2/c1-51-20-9-11-47-19(12-20)14-40-35(47)33-44-30-24(18-54-32(30)38(50)45-33)27-8-5-7-26(42-27)22-13-21(52-2)16-48-28(22)15-41-36(48)34-43-29-23(25-6-3-4-10-39-25)17-53-31(29)37(49)46-34/h3-18H,1-2H3,(H,43,46,49)(H,44,45,50). The summed E-state index contributed by atoms with van der Waals surface area (Å²) in [6, 6.07) is 16.9. The molecule has 0 aromatic carbocycles. The molecule has 0 amide bonds. The third-order valence-electron chi connectivity index (χ3n) is 9.03. The van der Waals surface area contributed by atoms with Gasteiger partial charge in [-0.2, -0.15) is 9.97 Å². The molecule has 0 unspecified atom stereocenters. The Bertz CT molecular complexity index is 3080. The molecule has 16 heteroatoms. The summed E-state index contributed by atoms with van der Waals surface area (Å²) in [6.45, 7) is 0. The molecular formula is C38H24N10O4S2. The highest BCUT2D eigenvalue weighted by atomic mass is 32.1. The molecule has 0 bridgehead atoms. The van der Waals surface area contributed by atoms with Crippen LogP contribution in [0.1, 0.15) is 0 Å². The van der Waals surface area contributed by atoms with Crippen molar-refractivity contribution >= 4 is 54.1 Å². The van der Waals surface area contributed by atoms with Crippen LogP contribution in [0.3, 0.4) is 0 Å². The van der Waals surface area contributed by atoms with Crippen molar-refractivity contribution in [1.29, 1.82) is 0 Å². The second kappa shape index (κ2) is 12.3. The zero-order chi connectivity index (χ0) is 36.5. The van der Waals surface area contributed by atoms with Crippen molar-refractivity contribution < 1.29 is 19.7 Å². The van der Waals surface area contributed by atoms with E-state index in [9.17, 15) is 10.2 Å². The Balaban J connectivity index is 1.08. The van der Waals surface area contributed by atoms with Crippen LogP contribution in [0.4, 0.5) is 0 Å². The van der Waals surface area contributed by atoms with Crippen LogP contribution in [0.2, 0.25) is 0 Å².